The third-order valence-electron chi connectivity index (χ3n) is 1.33. The standard InChI is InChI=1S/C9H15Br/c1-3-4-5-6-7-8-9(2)10/h9H,5-8H2,1-2H3. The summed E-state index contributed by atoms with van der Waals surface area (Å²) in [6, 6.07) is 0. The van der Waals surface area contributed by atoms with Gasteiger partial charge in [0.1, 0.15) is 0 Å². The van der Waals surface area contributed by atoms with E-state index in [0.29, 0.717) is 4.83 Å². The number of halogens is 1. The Kier molecular flexibility index (Phi) is 7.18. The molecule has 0 amide bonds. The number of rotatable bonds is 4. The summed E-state index contributed by atoms with van der Waals surface area (Å²) >= 11 is 3.51. The molecule has 0 fully saturated rings. The van der Waals surface area contributed by atoms with Crippen LogP contribution in [0.15, 0.2) is 0 Å². The zero-order valence-corrected chi connectivity index (χ0v) is 8.37. The van der Waals surface area contributed by atoms with Gasteiger partial charge in [-0.1, -0.05) is 29.3 Å². The Morgan fingerprint density at radius 2 is 2.10 bits per heavy atom. The lowest BCUT2D eigenvalue weighted by molar-refractivity contribution is 0.694. The van der Waals surface area contributed by atoms with Gasteiger partial charge in [0.2, 0.25) is 0 Å². The van der Waals surface area contributed by atoms with E-state index in [0.717, 1.165) is 6.42 Å². The molecule has 0 bridgehead atoms. The van der Waals surface area contributed by atoms with E-state index in [1.807, 2.05) is 6.92 Å². The van der Waals surface area contributed by atoms with E-state index in [1.54, 1.807) is 0 Å². The Bertz CT molecular complexity index is 116. The molecule has 0 saturated heterocycles. The van der Waals surface area contributed by atoms with Crippen LogP contribution in [0, 0.1) is 11.8 Å². The quantitative estimate of drug-likeness (QED) is 0.373. The highest BCUT2D eigenvalue weighted by Crippen LogP contribution is 2.09. The van der Waals surface area contributed by atoms with E-state index in [2.05, 4.69) is 34.7 Å². The van der Waals surface area contributed by atoms with Crippen LogP contribution in [0.2, 0.25) is 0 Å². The summed E-state index contributed by atoms with van der Waals surface area (Å²) in [6.45, 7) is 4.08. The van der Waals surface area contributed by atoms with Gasteiger partial charge >= 0.3 is 0 Å². The van der Waals surface area contributed by atoms with E-state index < -0.39 is 0 Å². The second-order valence-corrected chi connectivity index (χ2v) is 4.02. The molecule has 0 spiro atoms. The van der Waals surface area contributed by atoms with Crippen LogP contribution >= 0.6 is 15.9 Å². The fourth-order valence-electron chi connectivity index (χ4n) is 0.764. The highest BCUT2D eigenvalue weighted by Gasteiger charge is 1.93. The second kappa shape index (κ2) is 7.15. The van der Waals surface area contributed by atoms with Crippen molar-refractivity contribution in [3.8, 4) is 11.8 Å². The molecule has 10 heavy (non-hydrogen) atoms. The highest BCUT2D eigenvalue weighted by molar-refractivity contribution is 9.09. The van der Waals surface area contributed by atoms with Gasteiger partial charge in [-0.2, -0.15) is 0 Å². The lowest BCUT2D eigenvalue weighted by atomic mass is 10.2. The molecule has 58 valence electrons. The normalized spacial score (nSPS) is 11.9. The first-order chi connectivity index (χ1) is 4.77. The zero-order chi connectivity index (χ0) is 7.82. The molecule has 0 aromatic carbocycles. The van der Waals surface area contributed by atoms with Crippen molar-refractivity contribution >= 4 is 15.9 Å². The Morgan fingerprint density at radius 1 is 1.40 bits per heavy atom. The maximum atomic E-state index is 3.51. The number of alkyl halides is 1. The SMILES string of the molecule is CC#CCCCCC(C)Br. The van der Waals surface area contributed by atoms with E-state index in [-0.39, 0.29) is 0 Å². The molecular formula is C9H15Br. The summed E-state index contributed by atoms with van der Waals surface area (Å²) in [5.74, 6) is 5.95. The third-order valence-corrected chi connectivity index (χ3v) is 1.79. The lowest BCUT2D eigenvalue weighted by Gasteiger charge is -1.98. The predicted octanol–water partition coefficient (Wildman–Crippen LogP) is 3.35. The maximum Gasteiger partial charge on any atom is 0.0117 e. The van der Waals surface area contributed by atoms with Crippen molar-refractivity contribution < 1.29 is 0 Å². The van der Waals surface area contributed by atoms with Gasteiger partial charge in [0, 0.05) is 11.2 Å². The van der Waals surface area contributed by atoms with Crippen LogP contribution in [-0.2, 0) is 0 Å². The molecule has 0 radical (unpaired) electrons. The molecular weight excluding hydrogens is 188 g/mol. The second-order valence-electron chi connectivity index (χ2n) is 2.45. The van der Waals surface area contributed by atoms with Crippen molar-refractivity contribution in [3.63, 3.8) is 0 Å². The van der Waals surface area contributed by atoms with Crippen LogP contribution in [0.4, 0.5) is 0 Å². The van der Waals surface area contributed by atoms with Crippen molar-refractivity contribution in [1.29, 1.82) is 0 Å². The predicted molar refractivity (Wildman–Crippen MR) is 50.3 cm³/mol. The van der Waals surface area contributed by atoms with Gasteiger partial charge in [-0.05, 0) is 19.8 Å². The smallest absolute Gasteiger partial charge is 0.0117 e. The van der Waals surface area contributed by atoms with Crippen LogP contribution in [0.3, 0.4) is 0 Å². The largest absolute Gasteiger partial charge is 0.107 e. The van der Waals surface area contributed by atoms with Crippen molar-refractivity contribution in [2.24, 2.45) is 0 Å². The van der Waals surface area contributed by atoms with E-state index in [1.165, 1.54) is 19.3 Å². The minimum Gasteiger partial charge on any atom is -0.107 e. The summed E-state index contributed by atoms with van der Waals surface area (Å²) in [4.78, 5) is 0.669. The average molecular weight is 203 g/mol. The van der Waals surface area contributed by atoms with Crippen LogP contribution in [0.5, 0.6) is 0 Å². The molecule has 1 heteroatoms. The summed E-state index contributed by atoms with van der Waals surface area (Å²) < 4.78 is 0. The molecule has 0 aromatic rings. The van der Waals surface area contributed by atoms with Gasteiger partial charge < -0.3 is 0 Å². The highest BCUT2D eigenvalue weighted by atomic mass is 79.9. The topological polar surface area (TPSA) is 0 Å². The molecule has 0 nitrogen and oxygen atoms in total. The minimum absolute atomic E-state index is 0.669. The van der Waals surface area contributed by atoms with Gasteiger partial charge in [-0.3, -0.25) is 0 Å². The Morgan fingerprint density at radius 3 is 2.60 bits per heavy atom. The Balaban J connectivity index is 2.96. The summed E-state index contributed by atoms with van der Waals surface area (Å²) in [7, 11) is 0. The van der Waals surface area contributed by atoms with E-state index in [9.17, 15) is 0 Å². The van der Waals surface area contributed by atoms with Gasteiger partial charge in [0.25, 0.3) is 0 Å². The molecule has 0 aliphatic carbocycles. The third kappa shape index (κ3) is 8.04. The maximum absolute atomic E-state index is 3.51. The summed E-state index contributed by atoms with van der Waals surface area (Å²) in [5.41, 5.74) is 0. The molecule has 0 heterocycles. The number of hydrogen-bond donors (Lipinski definition) is 0. The van der Waals surface area contributed by atoms with Crippen molar-refractivity contribution in [2.45, 2.75) is 44.4 Å². The zero-order valence-electron chi connectivity index (χ0n) is 6.78. The molecule has 0 rings (SSSR count). The number of unbranched alkanes of at least 4 members (excludes halogenated alkanes) is 2. The monoisotopic (exact) mass is 202 g/mol. The first kappa shape index (κ1) is 10.0. The molecule has 0 aliphatic rings. The summed E-state index contributed by atoms with van der Waals surface area (Å²) in [5, 5.41) is 0. The fraction of sp³-hybridized carbons (Fsp3) is 0.778. The average Bonchev–Trinajstić information content (AvgIpc) is 1.87. The molecule has 0 aromatic heterocycles. The lowest BCUT2D eigenvalue weighted by Crippen LogP contribution is -1.88. The van der Waals surface area contributed by atoms with Gasteiger partial charge in [-0.15, -0.1) is 11.8 Å². The van der Waals surface area contributed by atoms with Crippen LogP contribution in [0.25, 0.3) is 0 Å². The van der Waals surface area contributed by atoms with E-state index >= 15 is 0 Å². The fourth-order valence-corrected chi connectivity index (χ4v) is 1.09. The van der Waals surface area contributed by atoms with Crippen molar-refractivity contribution in [1.82, 2.24) is 0 Å². The Labute approximate surface area is 72.5 Å². The van der Waals surface area contributed by atoms with Gasteiger partial charge in [0.05, 0.1) is 0 Å². The van der Waals surface area contributed by atoms with Gasteiger partial charge in [0.15, 0.2) is 0 Å². The van der Waals surface area contributed by atoms with E-state index in [4.69, 9.17) is 0 Å². The molecule has 1 unspecified atom stereocenters. The minimum atomic E-state index is 0.669. The Hall–Kier alpha value is 0.0400. The van der Waals surface area contributed by atoms with Crippen LogP contribution < -0.4 is 0 Å². The first-order valence-electron chi connectivity index (χ1n) is 3.81. The van der Waals surface area contributed by atoms with Crippen molar-refractivity contribution in [3.05, 3.63) is 0 Å². The molecule has 0 saturated carbocycles. The van der Waals surface area contributed by atoms with Crippen LogP contribution in [-0.4, -0.2) is 4.83 Å². The molecule has 0 aliphatic heterocycles. The van der Waals surface area contributed by atoms with Crippen LogP contribution in [0.1, 0.15) is 39.5 Å². The molecule has 1 atom stereocenters. The van der Waals surface area contributed by atoms with Crippen molar-refractivity contribution in [2.75, 3.05) is 0 Å². The summed E-state index contributed by atoms with van der Waals surface area (Å²) in [6.07, 6.45) is 4.87. The van der Waals surface area contributed by atoms with Gasteiger partial charge in [-0.25, -0.2) is 0 Å². The first-order valence-corrected chi connectivity index (χ1v) is 4.72. The number of hydrogen-bond acceptors (Lipinski definition) is 0. The molecule has 0 N–H and O–H groups in total.